The molecule has 2 saturated heterocycles. The van der Waals surface area contributed by atoms with Crippen molar-refractivity contribution in [2.45, 2.75) is 57.6 Å². The maximum absolute atomic E-state index is 13.1. The van der Waals surface area contributed by atoms with E-state index in [-0.39, 0.29) is 35.2 Å². The molecule has 0 radical (unpaired) electrons. The van der Waals surface area contributed by atoms with Crippen LogP contribution in [0.4, 0.5) is 23.8 Å². The average molecular weight is 540 g/mol. The van der Waals surface area contributed by atoms with Crippen LogP contribution in [0.2, 0.25) is 0 Å². The number of likely N-dealkylation sites (tertiary alicyclic amines) is 1. The van der Waals surface area contributed by atoms with E-state index in [1.807, 2.05) is 24.8 Å². The maximum atomic E-state index is 13.1. The highest BCUT2D eigenvalue weighted by Crippen LogP contribution is 2.50. The van der Waals surface area contributed by atoms with Gasteiger partial charge in [-0.25, -0.2) is 9.78 Å². The SMILES string of the molecule is C[C@@H]1CN(c2cnc3cc(C(F)(F)F)ccc3n2)C[C@H](C)N1C(=O)OC1CC2(C1)CN(Cc1ccccc1)C2. The van der Waals surface area contributed by atoms with Gasteiger partial charge >= 0.3 is 12.3 Å². The Hall–Kier alpha value is -3.40. The lowest BCUT2D eigenvalue weighted by Gasteiger charge is -2.58. The zero-order valence-corrected chi connectivity index (χ0v) is 22.1. The van der Waals surface area contributed by atoms with Crippen molar-refractivity contribution in [2.75, 3.05) is 31.1 Å². The Morgan fingerprint density at radius 3 is 2.38 bits per heavy atom. The van der Waals surface area contributed by atoms with Gasteiger partial charge in [-0.05, 0) is 50.5 Å². The summed E-state index contributed by atoms with van der Waals surface area (Å²) in [5, 5.41) is 0. The van der Waals surface area contributed by atoms with Gasteiger partial charge in [0.2, 0.25) is 0 Å². The number of alkyl halides is 3. The van der Waals surface area contributed by atoms with Crippen molar-refractivity contribution in [2.24, 2.45) is 5.41 Å². The number of carbonyl (C=O) groups excluding carboxylic acids is 1. The van der Waals surface area contributed by atoms with Crippen LogP contribution >= 0.6 is 0 Å². The van der Waals surface area contributed by atoms with Gasteiger partial charge in [0.05, 0.1) is 34.9 Å². The Balaban J connectivity index is 1.02. The van der Waals surface area contributed by atoms with Crippen LogP contribution in [0.15, 0.2) is 54.7 Å². The minimum atomic E-state index is -4.43. The van der Waals surface area contributed by atoms with E-state index in [0.717, 1.165) is 44.6 Å². The average Bonchev–Trinajstić information content (AvgIpc) is 2.85. The number of rotatable bonds is 4. The maximum Gasteiger partial charge on any atom is 0.416 e. The van der Waals surface area contributed by atoms with Gasteiger partial charge in [0, 0.05) is 38.1 Å². The molecule has 39 heavy (non-hydrogen) atoms. The fourth-order valence-corrected chi connectivity index (χ4v) is 6.51. The molecule has 7 nitrogen and oxygen atoms in total. The number of ether oxygens (including phenoxy) is 1. The minimum Gasteiger partial charge on any atom is -0.446 e. The number of piperazine rings is 1. The van der Waals surface area contributed by atoms with Gasteiger partial charge in [0.1, 0.15) is 11.9 Å². The predicted molar refractivity (Wildman–Crippen MR) is 141 cm³/mol. The molecule has 10 heteroatoms. The highest BCUT2D eigenvalue weighted by molar-refractivity contribution is 5.77. The van der Waals surface area contributed by atoms with E-state index >= 15 is 0 Å². The quantitative estimate of drug-likeness (QED) is 0.446. The Morgan fingerprint density at radius 2 is 1.72 bits per heavy atom. The standard InChI is InChI=1S/C29H32F3N5O2/c1-19-14-36(26-13-33-25-10-22(29(30,31)32)8-9-24(25)34-26)15-20(2)37(19)27(38)39-23-11-28(12-23)17-35(18-28)16-21-6-4-3-5-7-21/h3-10,13,19-20,23H,11-12,14-18H2,1-2H3/t19-,20+. The third-order valence-electron chi connectivity index (χ3n) is 8.27. The molecule has 206 valence electrons. The predicted octanol–water partition coefficient (Wildman–Crippen LogP) is 5.35. The third kappa shape index (κ3) is 5.14. The summed E-state index contributed by atoms with van der Waals surface area (Å²) in [7, 11) is 0. The molecule has 3 aliphatic rings. The summed E-state index contributed by atoms with van der Waals surface area (Å²) >= 11 is 0. The fourth-order valence-electron chi connectivity index (χ4n) is 6.51. The molecule has 0 N–H and O–H groups in total. The topological polar surface area (TPSA) is 61.8 Å². The lowest BCUT2D eigenvalue weighted by Crippen LogP contribution is -2.65. The zero-order valence-electron chi connectivity index (χ0n) is 22.1. The van der Waals surface area contributed by atoms with Crippen molar-refractivity contribution in [1.82, 2.24) is 19.8 Å². The van der Waals surface area contributed by atoms with Crippen molar-refractivity contribution < 1.29 is 22.7 Å². The van der Waals surface area contributed by atoms with Gasteiger partial charge in [-0.1, -0.05) is 30.3 Å². The largest absolute Gasteiger partial charge is 0.446 e. The summed E-state index contributed by atoms with van der Waals surface area (Å²) < 4.78 is 45.0. The minimum absolute atomic E-state index is 0.0400. The normalized spacial score (nSPS) is 23.5. The third-order valence-corrected chi connectivity index (χ3v) is 8.27. The molecule has 1 aliphatic carbocycles. The van der Waals surface area contributed by atoms with Crippen LogP contribution in [-0.2, 0) is 17.5 Å². The molecular formula is C29H32F3N5O2. The van der Waals surface area contributed by atoms with E-state index < -0.39 is 11.7 Å². The van der Waals surface area contributed by atoms with Crippen molar-refractivity contribution in [3.8, 4) is 0 Å². The number of hydrogen-bond acceptors (Lipinski definition) is 6. The van der Waals surface area contributed by atoms with Crippen LogP contribution in [0.3, 0.4) is 0 Å². The molecule has 2 aliphatic heterocycles. The summed E-state index contributed by atoms with van der Waals surface area (Å²) in [5.41, 5.74) is 1.46. The van der Waals surface area contributed by atoms with Crippen LogP contribution < -0.4 is 4.90 Å². The first-order valence-corrected chi connectivity index (χ1v) is 13.4. The smallest absolute Gasteiger partial charge is 0.416 e. The molecular weight excluding hydrogens is 507 g/mol. The lowest BCUT2D eigenvalue weighted by molar-refractivity contribution is -0.138. The molecule has 3 aromatic rings. The van der Waals surface area contributed by atoms with Gasteiger partial charge in [0.15, 0.2) is 0 Å². The number of fused-ring (bicyclic) bond motifs is 1. The summed E-state index contributed by atoms with van der Waals surface area (Å²) in [6, 6.07) is 13.6. The molecule has 3 heterocycles. The first kappa shape index (κ1) is 25.9. The van der Waals surface area contributed by atoms with E-state index in [2.05, 4.69) is 39.1 Å². The first-order chi connectivity index (χ1) is 18.6. The molecule has 1 saturated carbocycles. The number of hydrogen-bond donors (Lipinski definition) is 0. The van der Waals surface area contributed by atoms with E-state index in [9.17, 15) is 18.0 Å². The van der Waals surface area contributed by atoms with Crippen LogP contribution in [0, 0.1) is 5.41 Å². The van der Waals surface area contributed by atoms with Crippen LogP contribution in [-0.4, -0.2) is 70.2 Å². The number of carbonyl (C=O) groups is 1. The number of anilines is 1. The molecule has 0 bridgehead atoms. The van der Waals surface area contributed by atoms with Gasteiger partial charge < -0.3 is 9.64 Å². The second-order valence-corrected chi connectivity index (χ2v) is 11.5. The van der Waals surface area contributed by atoms with Crippen LogP contribution in [0.25, 0.3) is 11.0 Å². The highest BCUT2D eigenvalue weighted by Gasteiger charge is 2.54. The van der Waals surface area contributed by atoms with E-state index in [0.29, 0.717) is 24.4 Å². The highest BCUT2D eigenvalue weighted by atomic mass is 19.4. The second kappa shape index (κ2) is 9.66. The summed E-state index contributed by atoms with van der Waals surface area (Å²) in [5.74, 6) is 0.583. The number of halogens is 3. The summed E-state index contributed by atoms with van der Waals surface area (Å²) in [6.45, 7) is 8.07. The Bertz CT molecular complexity index is 1340. The zero-order chi connectivity index (χ0) is 27.4. The molecule has 1 spiro atoms. The first-order valence-electron chi connectivity index (χ1n) is 13.4. The van der Waals surface area contributed by atoms with E-state index in [1.165, 1.54) is 17.8 Å². The molecule has 1 aromatic heterocycles. The molecule has 2 atom stereocenters. The van der Waals surface area contributed by atoms with Crippen LogP contribution in [0.1, 0.15) is 37.8 Å². The molecule has 2 aromatic carbocycles. The van der Waals surface area contributed by atoms with E-state index in [4.69, 9.17) is 4.74 Å². The fraction of sp³-hybridized carbons (Fsp3) is 0.483. The molecule has 1 amide bonds. The van der Waals surface area contributed by atoms with Gasteiger partial charge in [-0.3, -0.25) is 14.8 Å². The van der Waals surface area contributed by atoms with Gasteiger partial charge in [-0.15, -0.1) is 0 Å². The van der Waals surface area contributed by atoms with Crippen molar-refractivity contribution >= 4 is 22.9 Å². The van der Waals surface area contributed by atoms with Crippen molar-refractivity contribution in [3.63, 3.8) is 0 Å². The lowest BCUT2D eigenvalue weighted by atomic mass is 9.61. The Labute approximate surface area is 225 Å². The number of benzene rings is 2. The van der Waals surface area contributed by atoms with E-state index in [1.54, 1.807) is 4.90 Å². The van der Waals surface area contributed by atoms with Crippen molar-refractivity contribution in [1.29, 1.82) is 0 Å². The molecule has 3 fully saturated rings. The Morgan fingerprint density at radius 1 is 1.03 bits per heavy atom. The van der Waals surface area contributed by atoms with Crippen molar-refractivity contribution in [3.05, 3.63) is 65.9 Å². The number of amides is 1. The van der Waals surface area contributed by atoms with Gasteiger partial charge in [0.25, 0.3) is 0 Å². The van der Waals surface area contributed by atoms with Crippen LogP contribution in [0.5, 0.6) is 0 Å². The number of nitrogens with zero attached hydrogens (tertiary/aromatic N) is 5. The molecule has 0 unspecified atom stereocenters. The summed E-state index contributed by atoms with van der Waals surface area (Å²) in [6.07, 6.45) is -1.42. The monoisotopic (exact) mass is 539 g/mol. The Kier molecular flexibility index (Phi) is 6.40. The van der Waals surface area contributed by atoms with Gasteiger partial charge in [-0.2, -0.15) is 13.2 Å². The molecule has 6 rings (SSSR count). The second-order valence-electron chi connectivity index (χ2n) is 11.5. The summed E-state index contributed by atoms with van der Waals surface area (Å²) in [4.78, 5) is 28.2. The number of aromatic nitrogens is 2.